The van der Waals surface area contributed by atoms with Crippen LogP contribution in [0.3, 0.4) is 0 Å². The van der Waals surface area contributed by atoms with Crippen LogP contribution in [0.2, 0.25) is 0 Å². The van der Waals surface area contributed by atoms with E-state index in [0.717, 1.165) is 25.0 Å². The Morgan fingerprint density at radius 3 is 2.83 bits per heavy atom. The highest BCUT2D eigenvalue weighted by molar-refractivity contribution is 4.91. The van der Waals surface area contributed by atoms with Gasteiger partial charge in [0.25, 0.3) is 0 Å². The highest BCUT2D eigenvalue weighted by Crippen LogP contribution is 2.32. The Morgan fingerprint density at radius 2 is 2.33 bits per heavy atom. The summed E-state index contributed by atoms with van der Waals surface area (Å²) in [7, 11) is 0. The standard InChI is InChI=1S/C10H22N2/c1-3-9-6-10(9)12-5-4-8(2)7-11/h8-10,12H,3-7,11H2,1-2H3. The number of nitrogens with two attached hydrogens (primary N) is 1. The lowest BCUT2D eigenvalue weighted by Crippen LogP contribution is -2.23. The van der Waals surface area contributed by atoms with E-state index in [1.54, 1.807) is 0 Å². The summed E-state index contributed by atoms with van der Waals surface area (Å²) in [6.07, 6.45) is 3.96. The summed E-state index contributed by atoms with van der Waals surface area (Å²) in [5, 5.41) is 3.57. The Balaban J connectivity index is 1.90. The first kappa shape index (κ1) is 10.0. The summed E-state index contributed by atoms with van der Waals surface area (Å²) in [5.74, 6) is 1.65. The predicted molar refractivity (Wildman–Crippen MR) is 53.0 cm³/mol. The van der Waals surface area contributed by atoms with Crippen molar-refractivity contribution in [2.75, 3.05) is 13.1 Å². The molecule has 0 bridgehead atoms. The van der Waals surface area contributed by atoms with Crippen LogP contribution in [0.4, 0.5) is 0 Å². The van der Waals surface area contributed by atoms with Crippen molar-refractivity contribution in [3.05, 3.63) is 0 Å². The van der Waals surface area contributed by atoms with E-state index in [2.05, 4.69) is 19.2 Å². The zero-order chi connectivity index (χ0) is 8.97. The summed E-state index contributed by atoms with van der Waals surface area (Å²) in [6, 6.07) is 0.833. The zero-order valence-electron chi connectivity index (χ0n) is 8.34. The van der Waals surface area contributed by atoms with Crippen molar-refractivity contribution in [1.82, 2.24) is 5.32 Å². The molecule has 1 aliphatic rings. The molecule has 3 atom stereocenters. The van der Waals surface area contributed by atoms with Gasteiger partial charge in [-0.1, -0.05) is 20.3 Å². The molecule has 0 radical (unpaired) electrons. The van der Waals surface area contributed by atoms with Crippen LogP contribution in [0.15, 0.2) is 0 Å². The second-order valence-corrected chi connectivity index (χ2v) is 4.09. The predicted octanol–water partition coefficient (Wildman–Crippen LogP) is 1.36. The van der Waals surface area contributed by atoms with E-state index < -0.39 is 0 Å². The van der Waals surface area contributed by atoms with Crippen LogP contribution in [0.1, 0.15) is 33.1 Å². The van der Waals surface area contributed by atoms with E-state index in [1.807, 2.05) is 0 Å². The molecule has 0 aromatic heterocycles. The zero-order valence-corrected chi connectivity index (χ0v) is 8.34. The SMILES string of the molecule is CCC1CC1NCCC(C)CN. The lowest BCUT2D eigenvalue weighted by atomic mass is 10.1. The summed E-state index contributed by atoms with van der Waals surface area (Å²) < 4.78 is 0. The maximum atomic E-state index is 5.53. The monoisotopic (exact) mass is 170 g/mol. The molecule has 3 N–H and O–H groups in total. The molecule has 1 saturated carbocycles. The summed E-state index contributed by atoms with van der Waals surface area (Å²) in [4.78, 5) is 0. The van der Waals surface area contributed by atoms with Crippen LogP contribution in [0.5, 0.6) is 0 Å². The molecule has 1 aliphatic carbocycles. The lowest BCUT2D eigenvalue weighted by Gasteiger charge is -2.08. The van der Waals surface area contributed by atoms with E-state index in [0.29, 0.717) is 5.92 Å². The van der Waals surface area contributed by atoms with Gasteiger partial charge in [-0.15, -0.1) is 0 Å². The lowest BCUT2D eigenvalue weighted by molar-refractivity contribution is 0.499. The van der Waals surface area contributed by atoms with Crippen LogP contribution >= 0.6 is 0 Å². The minimum atomic E-state index is 0.677. The quantitative estimate of drug-likeness (QED) is 0.631. The van der Waals surface area contributed by atoms with Crippen molar-refractivity contribution in [3.63, 3.8) is 0 Å². The molecule has 0 amide bonds. The molecule has 0 aromatic carbocycles. The summed E-state index contributed by atoms with van der Waals surface area (Å²) in [5.41, 5.74) is 5.53. The van der Waals surface area contributed by atoms with Gasteiger partial charge in [-0.05, 0) is 37.8 Å². The number of rotatable bonds is 6. The fourth-order valence-corrected chi connectivity index (χ4v) is 1.58. The van der Waals surface area contributed by atoms with Crippen molar-refractivity contribution in [2.45, 2.75) is 39.2 Å². The Bertz CT molecular complexity index is 125. The molecule has 0 saturated heterocycles. The molecule has 3 unspecified atom stereocenters. The van der Waals surface area contributed by atoms with Crippen LogP contribution in [-0.2, 0) is 0 Å². The largest absolute Gasteiger partial charge is 0.330 e. The van der Waals surface area contributed by atoms with Crippen LogP contribution in [0, 0.1) is 11.8 Å². The van der Waals surface area contributed by atoms with Crippen LogP contribution in [-0.4, -0.2) is 19.1 Å². The molecular formula is C10H22N2. The topological polar surface area (TPSA) is 38.0 Å². The third kappa shape index (κ3) is 3.11. The molecule has 0 aliphatic heterocycles. The fourth-order valence-electron chi connectivity index (χ4n) is 1.58. The van der Waals surface area contributed by atoms with E-state index in [1.165, 1.54) is 19.3 Å². The average molecular weight is 170 g/mol. The molecule has 1 rings (SSSR count). The molecule has 2 heteroatoms. The van der Waals surface area contributed by atoms with Gasteiger partial charge in [-0.25, -0.2) is 0 Å². The number of hydrogen-bond donors (Lipinski definition) is 2. The third-order valence-electron chi connectivity index (χ3n) is 2.89. The summed E-state index contributed by atoms with van der Waals surface area (Å²) in [6.45, 7) is 6.46. The fraction of sp³-hybridized carbons (Fsp3) is 1.00. The Hall–Kier alpha value is -0.0800. The van der Waals surface area contributed by atoms with Gasteiger partial charge in [0.15, 0.2) is 0 Å². The number of nitrogens with one attached hydrogen (secondary N) is 1. The Kier molecular flexibility index (Phi) is 4.02. The molecule has 12 heavy (non-hydrogen) atoms. The smallest absolute Gasteiger partial charge is 0.00990 e. The number of hydrogen-bond acceptors (Lipinski definition) is 2. The average Bonchev–Trinajstić information content (AvgIpc) is 2.83. The normalized spacial score (nSPS) is 30.2. The molecule has 2 nitrogen and oxygen atoms in total. The van der Waals surface area contributed by atoms with Crippen molar-refractivity contribution >= 4 is 0 Å². The minimum Gasteiger partial charge on any atom is -0.330 e. The van der Waals surface area contributed by atoms with E-state index in [4.69, 9.17) is 5.73 Å². The van der Waals surface area contributed by atoms with Crippen molar-refractivity contribution in [3.8, 4) is 0 Å². The van der Waals surface area contributed by atoms with Gasteiger partial charge in [-0.2, -0.15) is 0 Å². The van der Waals surface area contributed by atoms with Crippen LogP contribution < -0.4 is 11.1 Å². The maximum absolute atomic E-state index is 5.53. The maximum Gasteiger partial charge on any atom is 0.00990 e. The van der Waals surface area contributed by atoms with E-state index in [9.17, 15) is 0 Å². The highest BCUT2D eigenvalue weighted by atomic mass is 15.0. The molecule has 0 spiro atoms. The highest BCUT2D eigenvalue weighted by Gasteiger charge is 2.34. The van der Waals surface area contributed by atoms with Gasteiger partial charge >= 0.3 is 0 Å². The van der Waals surface area contributed by atoms with Gasteiger partial charge in [0, 0.05) is 6.04 Å². The first-order valence-electron chi connectivity index (χ1n) is 5.21. The Morgan fingerprint density at radius 1 is 1.58 bits per heavy atom. The Labute approximate surface area is 75.9 Å². The molecule has 72 valence electrons. The second kappa shape index (κ2) is 4.83. The van der Waals surface area contributed by atoms with Crippen LogP contribution in [0.25, 0.3) is 0 Å². The van der Waals surface area contributed by atoms with Gasteiger partial charge in [-0.3, -0.25) is 0 Å². The third-order valence-corrected chi connectivity index (χ3v) is 2.89. The minimum absolute atomic E-state index is 0.677. The van der Waals surface area contributed by atoms with Gasteiger partial charge in [0.1, 0.15) is 0 Å². The van der Waals surface area contributed by atoms with E-state index in [-0.39, 0.29) is 0 Å². The van der Waals surface area contributed by atoms with Crippen molar-refractivity contribution in [1.29, 1.82) is 0 Å². The first-order chi connectivity index (χ1) is 5.77. The van der Waals surface area contributed by atoms with Crippen molar-refractivity contribution in [2.24, 2.45) is 17.6 Å². The van der Waals surface area contributed by atoms with Gasteiger partial charge < -0.3 is 11.1 Å². The molecular weight excluding hydrogens is 148 g/mol. The molecule has 0 aromatic rings. The van der Waals surface area contributed by atoms with E-state index >= 15 is 0 Å². The first-order valence-corrected chi connectivity index (χ1v) is 5.21. The summed E-state index contributed by atoms with van der Waals surface area (Å²) >= 11 is 0. The molecule has 1 fully saturated rings. The van der Waals surface area contributed by atoms with Gasteiger partial charge in [0.05, 0.1) is 0 Å². The second-order valence-electron chi connectivity index (χ2n) is 4.09. The molecule has 0 heterocycles. The van der Waals surface area contributed by atoms with Crippen molar-refractivity contribution < 1.29 is 0 Å². The van der Waals surface area contributed by atoms with Gasteiger partial charge in [0.2, 0.25) is 0 Å².